The summed E-state index contributed by atoms with van der Waals surface area (Å²) in [5.74, 6) is 0.640. The molecule has 0 bridgehead atoms. The highest BCUT2D eigenvalue weighted by Crippen LogP contribution is 2.07. The summed E-state index contributed by atoms with van der Waals surface area (Å²) >= 11 is 3.28. The van der Waals surface area contributed by atoms with E-state index < -0.39 is 0 Å². The molecule has 2 heterocycles. The van der Waals surface area contributed by atoms with Crippen LogP contribution in [0.1, 0.15) is 5.56 Å². The lowest BCUT2D eigenvalue weighted by Crippen LogP contribution is -2.07. The molecular formula is C10H10BrN3O. The van der Waals surface area contributed by atoms with Gasteiger partial charge in [0.2, 0.25) is 5.95 Å². The maximum Gasteiger partial charge on any atom is 0.222 e. The van der Waals surface area contributed by atoms with Crippen LogP contribution >= 0.6 is 15.9 Å². The first-order chi connectivity index (χ1) is 7.34. The van der Waals surface area contributed by atoms with Crippen LogP contribution in [0.25, 0.3) is 0 Å². The Labute approximate surface area is 95.9 Å². The van der Waals surface area contributed by atoms with Crippen LogP contribution < -0.4 is 5.32 Å². The fourth-order valence-corrected chi connectivity index (χ4v) is 1.36. The van der Waals surface area contributed by atoms with Gasteiger partial charge in [-0.15, -0.1) is 0 Å². The van der Waals surface area contributed by atoms with Crippen LogP contribution in [0.3, 0.4) is 0 Å². The van der Waals surface area contributed by atoms with Gasteiger partial charge in [0.15, 0.2) is 0 Å². The fraction of sp³-hybridized carbons (Fsp3) is 0.200. The van der Waals surface area contributed by atoms with Crippen LogP contribution in [0, 0.1) is 0 Å². The number of furan rings is 1. The summed E-state index contributed by atoms with van der Waals surface area (Å²) in [6, 6.07) is 1.95. The standard InChI is InChI=1S/C10H10BrN3O/c11-9-5-13-10(14-6-9)12-3-1-8-2-4-15-7-8/h2,4-7H,1,3H2,(H,12,13,14). The van der Waals surface area contributed by atoms with Crippen molar-refractivity contribution in [1.82, 2.24) is 9.97 Å². The molecule has 0 spiro atoms. The SMILES string of the molecule is Brc1cnc(NCCc2ccoc2)nc1. The van der Waals surface area contributed by atoms with Crippen molar-refractivity contribution >= 4 is 21.9 Å². The molecule has 2 rings (SSSR count). The molecule has 0 saturated heterocycles. The molecular weight excluding hydrogens is 258 g/mol. The van der Waals surface area contributed by atoms with E-state index in [4.69, 9.17) is 4.42 Å². The Morgan fingerprint density at radius 2 is 2.13 bits per heavy atom. The molecule has 0 unspecified atom stereocenters. The van der Waals surface area contributed by atoms with Gasteiger partial charge >= 0.3 is 0 Å². The van der Waals surface area contributed by atoms with Gasteiger partial charge in [-0.1, -0.05) is 0 Å². The summed E-state index contributed by atoms with van der Waals surface area (Å²) in [6.45, 7) is 0.793. The van der Waals surface area contributed by atoms with Gasteiger partial charge in [-0.2, -0.15) is 0 Å². The lowest BCUT2D eigenvalue weighted by Gasteiger charge is -2.02. The summed E-state index contributed by atoms with van der Waals surface area (Å²) < 4.78 is 5.85. The van der Waals surface area contributed by atoms with Gasteiger partial charge < -0.3 is 9.73 Å². The highest BCUT2D eigenvalue weighted by atomic mass is 79.9. The van der Waals surface area contributed by atoms with E-state index in [0.29, 0.717) is 5.95 Å². The summed E-state index contributed by atoms with van der Waals surface area (Å²) in [5.41, 5.74) is 1.17. The third-order valence-electron chi connectivity index (χ3n) is 1.90. The zero-order chi connectivity index (χ0) is 10.5. The molecule has 78 valence electrons. The Balaban J connectivity index is 1.81. The number of nitrogens with zero attached hydrogens (tertiary/aromatic N) is 2. The van der Waals surface area contributed by atoms with Crippen LogP contribution in [0.15, 0.2) is 39.9 Å². The molecule has 5 heteroatoms. The third kappa shape index (κ3) is 3.06. The lowest BCUT2D eigenvalue weighted by atomic mass is 10.2. The third-order valence-corrected chi connectivity index (χ3v) is 2.31. The molecule has 0 radical (unpaired) electrons. The second kappa shape index (κ2) is 4.93. The predicted octanol–water partition coefficient (Wildman–Crippen LogP) is 2.49. The molecule has 0 amide bonds. The van der Waals surface area contributed by atoms with E-state index in [9.17, 15) is 0 Å². The van der Waals surface area contributed by atoms with Crippen molar-refractivity contribution in [3.63, 3.8) is 0 Å². The van der Waals surface area contributed by atoms with Gasteiger partial charge in [-0.25, -0.2) is 9.97 Å². The Kier molecular flexibility index (Phi) is 3.34. The summed E-state index contributed by atoms with van der Waals surface area (Å²) in [6.07, 6.45) is 7.74. The number of nitrogens with one attached hydrogen (secondary N) is 1. The van der Waals surface area contributed by atoms with E-state index in [1.54, 1.807) is 24.9 Å². The van der Waals surface area contributed by atoms with E-state index in [1.807, 2.05) is 6.07 Å². The molecule has 0 aliphatic rings. The van der Waals surface area contributed by atoms with Gasteiger partial charge in [0.05, 0.1) is 17.0 Å². The molecule has 4 nitrogen and oxygen atoms in total. The highest BCUT2D eigenvalue weighted by Gasteiger charge is 1.96. The second-order valence-electron chi connectivity index (χ2n) is 3.03. The predicted molar refractivity (Wildman–Crippen MR) is 60.6 cm³/mol. The van der Waals surface area contributed by atoms with Crippen molar-refractivity contribution < 1.29 is 4.42 Å². The summed E-state index contributed by atoms with van der Waals surface area (Å²) in [4.78, 5) is 8.21. The Morgan fingerprint density at radius 1 is 1.33 bits per heavy atom. The summed E-state index contributed by atoms with van der Waals surface area (Å²) in [7, 11) is 0. The van der Waals surface area contributed by atoms with E-state index in [2.05, 4.69) is 31.2 Å². The van der Waals surface area contributed by atoms with E-state index in [1.165, 1.54) is 5.56 Å². The molecule has 0 fully saturated rings. The molecule has 0 aliphatic carbocycles. The Morgan fingerprint density at radius 3 is 2.80 bits per heavy atom. The van der Waals surface area contributed by atoms with E-state index >= 15 is 0 Å². The Hall–Kier alpha value is -1.36. The molecule has 0 aliphatic heterocycles. The topological polar surface area (TPSA) is 51.0 Å². The van der Waals surface area contributed by atoms with Crippen LogP contribution in [0.2, 0.25) is 0 Å². The van der Waals surface area contributed by atoms with Gasteiger partial charge in [-0.3, -0.25) is 0 Å². The molecule has 0 aromatic carbocycles. The Bertz CT molecular complexity index is 399. The smallest absolute Gasteiger partial charge is 0.222 e. The molecule has 1 N–H and O–H groups in total. The number of halogens is 1. The van der Waals surface area contributed by atoms with Crippen LogP contribution in [-0.2, 0) is 6.42 Å². The van der Waals surface area contributed by atoms with Crippen molar-refractivity contribution in [2.45, 2.75) is 6.42 Å². The second-order valence-corrected chi connectivity index (χ2v) is 3.95. The number of aromatic nitrogens is 2. The number of anilines is 1. The molecule has 0 atom stereocenters. The fourth-order valence-electron chi connectivity index (χ4n) is 1.16. The molecule has 2 aromatic heterocycles. The molecule has 0 saturated carbocycles. The van der Waals surface area contributed by atoms with Crippen molar-refractivity contribution in [2.24, 2.45) is 0 Å². The number of hydrogen-bond donors (Lipinski definition) is 1. The monoisotopic (exact) mass is 267 g/mol. The van der Waals surface area contributed by atoms with Crippen LogP contribution in [0.4, 0.5) is 5.95 Å². The molecule has 15 heavy (non-hydrogen) atoms. The average molecular weight is 268 g/mol. The van der Waals surface area contributed by atoms with Crippen molar-refractivity contribution in [3.8, 4) is 0 Å². The van der Waals surface area contributed by atoms with Crippen molar-refractivity contribution in [1.29, 1.82) is 0 Å². The lowest BCUT2D eigenvalue weighted by molar-refractivity contribution is 0.564. The van der Waals surface area contributed by atoms with Crippen molar-refractivity contribution in [2.75, 3.05) is 11.9 Å². The quantitative estimate of drug-likeness (QED) is 0.925. The first-order valence-electron chi connectivity index (χ1n) is 4.57. The highest BCUT2D eigenvalue weighted by molar-refractivity contribution is 9.10. The van der Waals surface area contributed by atoms with Gasteiger partial charge in [0.25, 0.3) is 0 Å². The van der Waals surface area contributed by atoms with Crippen LogP contribution in [-0.4, -0.2) is 16.5 Å². The normalized spacial score (nSPS) is 10.2. The first-order valence-corrected chi connectivity index (χ1v) is 5.36. The maximum absolute atomic E-state index is 4.97. The minimum atomic E-state index is 0.640. The number of rotatable bonds is 4. The largest absolute Gasteiger partial charge is 0.472 e. The zero-order valence-electron chi connectivity index (χ0n) is 7.98. The van der Waals surface area contributed by atoms with E-state index in [-0.39, 0.29) is 0 Å². The van der Waals surface area contributed by atoms with Crippen LogP contribution in [0.5, 0.6) is 0 Å². The molecule has 2 aromatic rings. The minimum absolute atomic E-state index is 0.640. The van der Waals surface area contributed by atoms with Gasteiger partial charge in [0, 0.05) is 18.9 Å². The van der Waals surface area contributed by atoms with Crippen molar-refractivity contribution in [3.05, 3.63) is 41.0 Å². The number of hydrogen-bond acceptors (Lipinski definition) is 4. The van der Waals surface area contributed by atoms with E-state index in [0.717, 1.165) is 17.4 Å². The minimum Gasteiger partial charge on any atom is -0.472 e. The zero-order valence-corrected chi connectivity index (χ0v) is 9.57. The summed E-state index contributed by atoms with van der Waals surface area (Å²) in [5, 5.41) is 3.13. The maximum atomic E-state index is 4.97. The van der Waals surface area contributed by atoms with Gasteiger partial charge in [-0.05, 0) is 34.0 Å². The average Bonchev–Trinajstić information content (AvgIpc) is 2.74. The first kappa shape index (κ1) is 10.2. The van der Waals surface area contributed by atoms with Gasteiger partial charge in [0.1, 0.15) is 0 Å².